The van der Waals surface area contributed by atoms with Gasteiger partial charge in [0.2, 0.25) is 11.8 Å². The number of hydrogen-bond acceptors (Lipinski definition) is 7. The van der Waals surface area contributed by atoms with Gasteiger partial charge < -0.3 is 20.4 Å². The van der Waals surface area contributed by atoms with Crippen molar-refractivity contribution in [1.82, 2.24) is 20.4 Å². The molecule has 0 aromatic heterocycles. The molecule has 0 aromatic rings. The minimum absolute atomic E-state index is 0.0520. The normalized spacial score (nSPS) is 34.5. The van der Waals surface area contributed by atoms with Crippen molar-refractivity contribution in [3.63, 3.8) is 0 Å². The first-order chi connectivity index (χ1) is 16.5. The molecule has 1 spiro atoms. The molecule has 1 saturated heterocycles. The maximum Gasteiger partial charge on any atom is 0.243 e. The third kappa shape index (κ3) is 5.80. The van der Waals surface area contributed by atoms with Gasteiger partial charge in [-0.05, 0) is 56.8 Å². The highest BCUT2D eigenvalue weighted by atomic mass is 32.2. The Balaban J connectivity index is 1.57. The lowest BCUT2D eigenvalue weighted by Gasteiger charge is -2.29. The summed E-state index contributed by atoms with van der Waals surface area (Å²) < 4.78 is 25.0. The van der Waals surface area contributed by atoms with Crippen LogP contribution in [0.15, 0.2) is 24.4 Å². The van der Waals surface area contributed by atoms with Gasteiger partial charge in [0.15, 0.2) is 15.6 Å². The van der Waals surface area contributed by atoms with Crippen LogP contribution in [-0.2, 0) is 24.2 Å². The number of nitrogens with one attached hydrogen (secondary N) is 2. The second-order valence-corrected chi connectivity index (χ2v) is 13.2. The summed E-state index contributed by atoms with van der Waals surface area (Å²) in [6.45, 7) is 7.85. The fourth-order valence-electron chi connectivity index (χ4n) is 5.16. The Hall–Kier alpha value is -2.20. The molecule has 2 aliphatic heterocycles. The fourth-order valence-corrected chi connectivity index (χ4v) is 6.91. The van der Waals surface area contributed by atoms with Crippen molar-refractivity contribution in [2.75, 3.05) is 32.4 Å². The summed E-state index contributed by atoms with van der Waals surface area (Å²) in [7, 11) is -1.28. The molecule has 4 atom stereocenters. The molecule has 2 saturated carbocycles. The number of hydrogen-bond donors (Lipinski definition) is 2. The van der Waals surface area contributed by atoms with E-state index < -0.39 is 27.5 Å². The first-order valence-corrected chi connectivity index (χ1v) is 14.4. The molecule has 2 aliphatic carbocycles. The average molecular weight is 507 g/mol. The molecule has 0 radical (unpaired) electrons. The molecule has 194 valence electrons. The molecular formula is C25H38N4O5S. The maximum absolute atomic E-state index is 13.7. The van der Waals surface area contributed by atoms with Crippen LogP contribution in [0.2, 0.25) is 0 Å². The minimum atomic E-state index is -3.23. The lowest BCUT2D eigenvalue weighted by molar-refractivity contribution is -0.139. The van der Waals surface area contributed by atoms with Crippen LogP contribution in [-0.4, -0.2) is 91.1 Å². The molecule has 4 rings (SSSR count). The number of amides is 2. The Bertz CT molecular complexity index is 1020. The largest absolute Gasteiger partial charge is 0.381 e. The summed E-state index contributed by atoms with van der Waals surface area (Å²) in [4.78, 5) is 43.8. The smallest absolute Gasteiger partial charge is 0.243 e. The number of nitrogens with zero attached hydrogens (tertiary/aromatic N) is 2. The molecule has 3 fully saturated rings. The number of carbonyl (C=O) groups excluding carboxylic acids is 3. The number of rotatable bonds is 4. The molecule has 2 amide bonds. The van der Waals surface area contributed by atoms with E-state index in [4.69, 9.17) is 0 Å². The highest BCUT2D eigenvalue weighted by molar-refractivity contribution is 7.92. The standard InChI is InChI=1S/C25H38N4O5S/c1-17-14-21-24(32)27-25(15-18(25)2)23(31)20(9-13-35(33,34)19-6-7-19)26-10-4-5-11-28(3)12-8-22(30)29(21)16-17/h4,10,17,19-21,26H,2,5-9,11-16H2,1,3H3,(H,27,32)/b10-4+/t17-,20?,21-,25?/m0/s1. The number of fused-ring (bicyclic) bond motifs is 1. The molecule has 10 heteroatoms. The molecule has 9 nitrogen and oxygen atoms in total. The van der Waals surface area contributed by atoms with Gasteiger partial charge in [0.25, 0.3) is 0 Å². The van der Waals surface area contributed by atoms with Crippen molar-refractivity contribution in [2.45, 2.75) is 74.7 Å². The second kappa shape index (κ2) is 10.0. The predicted octanol–water partition coefficient (Wildman–Crippen LogP) is 0.772. The Morgan fingerprint density at radius 3 is 2.57 bits per heavy atom. The van der Waals surface area contributed by atoms with E-state index >= 15 is 0 Å². The monoisotopic (exact) mass is 506 g/mol. The van der Waals surface area contributed by atoms with E-state index in [1.54, 1.807) is 11.1 Å². The zero-order valence-corrected chi connectivity index (χ0v) is 21.6. The molecule has 2 heterocycles. The molecule has 35 heavy (non-hydrogen) atoms. The summed E-state index contributed by atoms with van der Waals surface area (Å²) in [5.41, 5.74) is -0.590. The number of sulfone groups is 1. The zero-order valence-electron chi connectivity index (χ0n) is 20.8. The average Bonchev–Trinajstić information content (AvgIpc) is 3.72. The highest BCUT2D eigenvalue weighted by Crippen LogP contribution is 2.44. The van der Waals surface area contributed by atoms with Gasteiger partial charge in [-0.3, -0.25) is 14.4 Å². The van der Waals surface area contributed by atoms with E-state index in [9.17, 15) is 22.8 Å². The second-order valence-electron chi connectivity index (χ2n) is 10.8. The lowest BCUT2D eigenvalue weighted by atomic mass is 9.99. The molecule has 4 aliphatic rings. The lowest BCUT2D eigenvalue weighted by Crippen LogP contribution is -2.56. The van der Waals surface area contributed by atoms with Gasteiger partial charge in [-0.2, -0.15) is 0 Å². The van der Waals surface area contributed by atoms with Crippen LogP contribution in [0.3, 0.4) is 0 Å². The Kier molecular flexibility index (Phi) is 7.43. The maximum atomic E-state index is 13.7. The van der Waals surface area contributed by atoms with Crippen LogP contribution in [0.25, 0.3) is 0 Å². The number of carbonyl (C=O) groups is 3. The van der Waals surface area contributed by atoms with Gasteiger partial charge in [0, 0.05) is 32.5 Å². The summed E-state index contributed by atoms with van der Waals surface area (Å²) in [5.74, 6) is -0.537. The van der Waals surface area contributed by atoms with E-state index in [-0.39, 0.29) is 40.9 Å². The highest BCUT2D eigenvalue weighted by Gasteiger charge is 2.58. The number of ketones is 1. The van der Waals surface area contributed by atoms with Crippen LogP contribution >= 0.6 is 0 Å². The van der Waals surface area contributed by atoms with Gasteiger partial charge in [-0.25, -0.2) is 8.42 Å². The summed E-state index contributed by atoms with van der Waals surface area (Å²) >= 11 is 0. The molecule has 2 unspecified atom stereocenters. The van der Waals surface area contributed by atoms with Crippen LogP contribution in [0.5, 0.6) is 0 Å². The van der Waals surface area contributed by atoms with E-state index in [0.717, 1.165) is 13.0 Å². The first-order valence-electron chi connectivity index (χ1n) is 12.7. The van der Waals surface area contributed by atoms with E-state index in [1.165, 1.54) is 0 Å². The Labute approximate surface area is 208 Å². The van der Waals surface area contributed by atoms with Crippen molar-refractivity contribution in [3.8, 4) is 0 Å². The van der Waals surface area contributed by atoms with E-state index in [2.05, 4.69) is 22.1 Å². The quantitative estimate of drug-likeness (QED) is 0.541. The fraction of sp³-hybridized carbons (Fsp3) is 0.720. The molecule has 2 N–H and O–H groups in total. The topological polar surface area (TPSA) is 116 Å². The van der Waals surface area contributed by atoms with Crippen molar-refractivity contribution in [1.29, 1.82) is 0 Å². The van der Waals surface area contributed by atoms with Gasteiger partial charge in [0.05, 0.1) is 17.0 Å². The van der Waals surface area contributed by atoms with E-state index in [1.807, 2.05) is 20.0 Å². The van der Waals surface area contributed by atoms with Gasteiger partial charge in [-0.1, -0.05) is 19.6 Å². The van der Waals surface area contributed by atoms with Crippen LogP contribution < -0.4 is 10.6 Å². The predicted molar refractivity (Wildman–Crippen MR) is 133 cm³/mol. The first kappa shape index (κ1) is 25.9. The van der Waals surface area contributed by atoms with Gasteiger partial charge in [0.1, 0.15) is 11.6 Å². The number of Topliss-reactive ketones (excluding diaryl/α,β-unsaturated/α-hetero) is 1. The van der Waals surface area contributed by atoms with Crippen molar-refractivity contribution >= 4 is 27.4 Å². The van der Waals surface area contributed by atoms with Crippen LogP contribution in [0.1, 0.15) is 51.9 Å². The SMILES string of the molecule is C=C1CC12NC(=O)[C@@H]1C[C@H](C)CN1C(=O)CCN(C)CC/C=C/NC(CCS(=O)(=O)C1CC1)C2=O. The molecular weight excluding hydrogens is 468 g/mol. The van der Waals surface area contributed by atoms with Crippen molar-refractivity contribution < 1.29 is 22.8 Å². The Morgan fingerprint density at radius 1 is 1.20 bits per heavy atom. The van der Waals surface area contributed by atoms with Gasteiger partial charge >= 0.3 is 0 Å². The van der Waals surface area contributed by atoms with Crippen LogP contribution in [0, 0.1) is 5.92 Å². The summed E-state index contributed by atoms with van der Waals surface area (Å²) in [6.07, 6.45) is 7.06. The third-order valence-corrected chi connectivity index (χ3v) is 9.98. The minimum Gasteiger partial charge on any atom is -0.381 e. The molecule has 0 bridgehead atoms. The van der Waals surface area contributed by atoms with Crippen molar-refractivity contribution in [2.24, 2.45) is 5.92 Å². The van der Waals surface area contributed by atoms with Gasteiger partial charge in [-0.15, -0.1) is 0 Å². The molecule has 0 aromatic carbocycles. The van der Waals surface area contributed by atoms with E-state index in [0.29, 0.717) is 50.8 Å². The zero-order chi connectivity index (χ0) is 25.4. The Morgan fingerprint density at radius 2 is 1.91 bits per heavy atom. The van der Waals surface area contributed by atoms with Crippen LogP contribution in [0.4, 0.5) is 0 Å². The summed E-state index contributed by atoms with van der Waals surface area (Å²) in [6, 6.07) is -1.37. The third-order valence-electron chi connectivity index (χ3n) is 7.69. The van der Waals surface area contributed by atoms with Crippen molar-refractivity contribution in [3.05, 3.63) is 24.4 Å². The summed E-state index contributed by atoms with van der Waals surface area (Å²) in [5, 5.41) is 5.76.